The summed E-state index contributed by atoms with van der Waals surface area (Å²) in [6, 6.07) is 11.5. The van der Waals surface area contributed by atoms with E-state index in [1.54, 1.807) is 30.3 Å². The quantitative estimate of drug-likeness (QED) is 0.579. The van der Waals surface area contributed by atoms with Crippen LogP contribution in [0, 0.1) is 0 Å². The van der Waals surface area contributed by atoms with Crippen molar-refractivity contribution in [2.24, 2.45) is 0 Å². The fourth-order valence-electron chi connectivity index (χ4n) is 3.06. The second-order valence-corrected chi connectivity index (χ2v) is 8.69. The summed E-state index contributed by atoms with van der Waals surface area (Å²) >= 11 is 0.984. The highest BCUT2D eigenvalue weighted by molar-refractivity contribution is 8.00. The number of thioether (sulfide) groups is 1. The number of aromatic amines is 1. The van der Waals surface area contributed by atoms with E-state index in [0.717, 1.165) is 16.1 Å². The van der Waals surface area contributed by atoms with E-state index < -0.39 is 21.3 Å². The summed E-state index contributed by atoms with van der Waals surface area (Å²) < 4.78 is 38.0. The van der Waals surface area contributed by atoms with E-state index in [1.807, 2.05) is 0 Å². The molecule has 1 aliphatic heterocycles. The first-order valence-electron chi connectivity index (χ1n) is 8.28. The molecule has 0 bridgehead atoms. The second-order valence-electron chi connectivity index (χ2n) is 5.86. The molecule has 29 heavy (non-hydrogen) atoms. The third-order valence-corrected chi connectivity index (χ3v) is 7.31. The predicted octanol–water partition coefficient (Wildman–Crippen LogP) is 1.85. The van der Waals surface area contributed by atoms with Crippen molar-refractivity contribution in [1.29, 1.82) is 0 Å². The molecule has 1 unspecified atom stereocenters. The molecule has 3 aromatic rings. The van der Waals surface area contributed by atoms with E-state index in [0.29, 0.717) is 5.56 Å². The number of ether oxygens (including phenoxy) is 2. The molecule has 0 aliphatic carbocycles. The summed E-state index contributed by atoms with van der Waals surface area (Å²) in [6.45, 7) is 0. The van der Waals surface area contributed by atoms with Crippen molar-refractivity contribution < 1.29 is 22.7 Å². The number of H-pyrrole nitrogens is 1. The number of rotatable bonds is 6. The van der Waals surface area contributed by atoms with Crippen LogP contribution in [-0.4, -0.2) is 53.5 Å². The maximum atomic E-state index is 13.3. The molecular formula is C17H15N5O5S2. The van der Waals surface area contributed by atoms with Crippen LogP contribution < -0.4 is 9.47 Å². The summed E-state index contributed by atoms with van der Waals surface area (Å²) in [7, 11) is -1.40. The number of aromatic nitrogens is 4. The molecule has 2 heterocycles. The minimum absolute atomic E-state index is 0.0671. The molecule has 1 atom stereocenters. The van der Waals surface area contributed by atoms with Gasteiger partial charge in [0.25, 0.3) is 15.9 Å². The molecule has 1 N–H and O–H groups in total. The summed E-state index contributed by atoms with van der Waals surface area (Å²) in [4.78, 5) is 13.2. The molecule has 2 aromatic carbocycles. The number of tetrazole rings is 1. The number of carbonyl (C=O) groups is 1. The highest BCUT2D eigenvalue weighted by Gasteiger charge is 2.48. The van der Waals surface area contributed by atoms with Gasteiger partial charge in [-0.05, 0) is 22.9 Å². The zero-order valence-electron chi connectivity index (χ0n) is 15.3. The largest absolute Gasteiger partial charge is 0.493 e. The van der Waals surface area contributed by atoms with Gasteiger partial charge >= 0.3 is 0 Å². The lowest BCUT2D eigenvalue weighted by Crippen LogP contribution is -2.33. The van der Waals surface area contributed by atoms with Gasteiger partial charge in [-0.25, -0.2) is 12.7 Å². The molecule has 0 fully saturated rings. The molecule has 4 rings (SSSR count). The van der Waals surface area contributed by atoms with Crippen molar-refractivity contribution in [3.8, 4) is 11.5 Å². The lowest BCUT2D eigenvalue weighted by atomic mass is 10.1. The Kier molecular flexibility index (Phi) is 4.88. The SMILES string of the molecule is COc1ccc2c(c1OC)C(=O)N(C(Sc1nn[nH]n1)c1ccccc1)S2(=O)=O. The van der Waals surface area contributed by atoms with Gasteiger partial charge in [-0.2, -0.15) is 5.21 Å². The van der Waals surface area contributed by atoms with Crippen molar-refractivity contribution in [1.82, 2.24) is 24.9 Å². The van der Waals surface area contributed by atoms with E-state index in [9.17, 15) is 13.2 Å². The number of hydrogen-bond acceptors (Lipinski definition) is 9. The highest BCUT2D eigenvalue weighted by atomic mass is 32.2. The first kappa shape index (κ1) is 19.2. The Bertz CT molecular complexity index is 1150. The Morgan fingerprint density at radius 3 is 2.48 bits per heavy atom. The number of benzene rings is 2. The summed E-state index contributed by atoms with van der Waals surface area (Å²) in [5.41, 5.74) is 0.513. The second kappa shape index (κ2) is 7.37. The molecule has 1 aliphatic rings. The van der Waals surface area contributed by atoms with Gasteiger partial charge in [0, 0.05) is 0 Å². The van der Waals surface area contributed by atoms with Crippen molar-refractivity contribution in [2.45, 2.75) is 15.4 Å². The third-order valence-electron chi connectivity index (χ3n) is 4.30. The molecule has 1 aromatic heterocycles. The monoisotopic (exact) mass is 433 g/mol. The first-order chi connectivity index (χ1) is 14.0. The minimum atomic E-state index is -4.16. The fraction of sp³-hybridized carbons (Fsp3) is 0.176. The number of nitrogens with zero attached hydrogens (tertiary/aromatic N) is 4. The van der Waals surface area contributed by atoms with Gasteiger partial charge in [0.05, 0.1) is 14.2 Å². The Hall–Kier alpha value is -3.12. The molecule has 1 amide bonds. The summed E-state index contributed by atoms with van der Waals surface area (Å²) in [6.07, 6.45) is 0. The van der Waals surface area contributed by atoms with Crippen LogP contribution in [0.25, 0.3) is 0 Å². The zero-order chi connectivity index (χ0) is 20.6. The zero-order valence-corrected chi connectivity index (χ0v) is 16.9. The van der Waals surface area contributed by atoms with Crippen molar-refractivity contribution in [2.75, 3.05) is 14.2 Å². The van der Waals surface area contributed by atoms with Crippen molar-refractivity contribution in [3.05, 3.63) is 53.6 Å². The van der Waals surface area contributed by atoms with Crippen LogP contribution >= 0.6 is 11.8 Å². The van der Waals surface area contributed by atoms with Gasteiger partial charge in [-0.3, -0.25) is 4.79 Å². The number of sulfonamides is 1. The maximum absolute atomic E-state index is 13.3. The minimum Gasteiger partial charge on any atom is -0.493 e. The van der Waals surface area contributed by atoms with Crippen LogP contribution in [0.5, 0.6) is 11.5 Å². The number of fused-ring (bicyclic) bond motifs is 1. The molecule has 10 nitrogen and oxygen atoms in total. The van der Waals surface area contributed by atoms with E-state index in [4.69, 9.17) is 9.47 Å². The molecule has 0 saturated heterocycles. The van der Waals surface area contributed by atoms with Gasteiger partial charge in [0.2, 0.25) is 5.16 Å². The standard InChI is InChI=1S/C17H15N5O5S2/c1-26-11-8-9-12-13(14(11)27-2)15(23)22(29(12,24)25)16(10-6-4-3-5-7-10)28-17-18-20-21-19-17/h3-9,16H,1-2H3,(H,18,19,20,21). The normalized spacial score (nSPS) is 15.8. The number of hydrogen-bond donors (Lipinski definition) is 1. The van der Waals surface area contributed by atoms with Crippen LogP contribution in [0.1, 0.15) is 21.3 Å². The predicted molar refractivity (Wildman–Crippen MR) is 102 cm³/mol. The van der Waals surface area contributed by atoms with E-state index in [2.05, 4.69) is 20.6 Å². The smallest absolute Gasteiger partial charge is 0.274 e. The van der Waals surface area contributed by atoms with Crippen LogP contribution in [0.2, 0.25) is 0 Å². The molecule has 12 heteroatoms. The molecule has 0 spiro atoms. The lowest BCUT2D eigenvalue weighted by molar-refractivity contribution is 0.0858. The summed E-state index contributed by atoms with van der Waals surface area (Å²) in [5.74, 6) is -0.392. The molecule has 0 radical (unpaired) electrons. The van der Waals surface area contributed by atoms with Gasteiger partial charge < -0.3 is 9.47 Å². The van der Waals surface area contributed by atoms with Gasteiger partial charge in [0.15, 0.2) is 11.5 Å². The van der Waals surface area contributed by atoms with E-state index in [1.165, 1.54) is 26.4 Å². The van der Waals surface area contributed by atoms with Crippen molar-refractivity contribution >= 4 is 27.7 Å². The Morgan fingerprint density at radius 2 is 1.86 bits per heavy atom. The maximum Gasteiger partial charge on any atom is 0.274 e. The van der Waals surface area contributed by atoms with Crippen LogP contribution in [0.4, 0.5) is 0 Å². The Balaban J connectivity index is 1.88. The first-order valence-corrected chi connectivity index (χ1v) is 10.6. The Labute approximate surface area is 170 Å². The third kappa shape index (κ3) is 3.09. The van der Waals surface area contributed by atoms with Crippen LogP contribution in [0.15, 0.2) is 52.5 Å². The summed E-state index contributed by atoms with van der Waals surface area (Å²) in [5, 5.41) is 12.8. The fourth-order valence-corrected chi connectivity index (χ4v) is 5.96. The average Bonchev–Trinajstić information content (AvgIpc) is 3.31. The molecule has 0 saturated carbocycles. The van der Waals surface area contributed by atoms with Crippen LogP contribution in [-0.2, 0) is 10.0 Å². The number of amides is 1. The van der Waals surface area contributed by atoms with E-state index >= 15 is 0 Å². The average molecular weight is 433 g/mol. The number of methoxy groups -OCH3 is 2. The Morgan fingerprint density at radius 1 is 1.10 bits per heavy atom. The van der Waals surface area contributed by atoms with Crippen LogP contribution in [0.3, 0.4) is 0 Å². The highest BCUT2D eigenvalue weighted by Crippen LogP contribution is 2.48. The molecular weight excluding hydrogens is 418 g/mol. The number of nitrogens with one attached hydrogen (secondary N) is 1. The lowest BCUT2D eigenvalue weighted by Gasteiger charge is -2.25. The van der Waals surface area contributed by atoms with Crippen molar-refractivity contribution in [3.63, 3.8) is 0 Å². The molecule has 150 valence electrons. The van der Waals surface area contributed by atoms with Gasteiger partial charge in [0.1, 0.15) is 15.8 Å². The number of carbonyl (C=O) groups excluding carboxylic acids is 1. The van der Waals surface area contributed by atoms with E-state index in [-0.39, 0.29) is 27.1 Å². The topological polar surface area (TPSA) is 127 Å². The van der Waals surface area contributed by atoms with Gasteiger partial charge in [-0.1, -0.05) is 42.1 Å². The van der Waals surface area contributed by atoms with Gasteiger partial charge in [-0.15, -0.1) is 10.2 Å².